The van der Waals surface area contributed by atoms with E-state index in [0.29, 0.717) is 5.75 Å². The smallest absolute Gasteiger partial charge is 0.277 e. The van der Waals surface area contributed by atoms with Crippen molar-refractivity contribution in [1.82, 2.24) is 5.43 Å². The molecule has 1 heterocycles. The predicted molar refractivity (Wildman–Crippen MR) is 102 cm³/mol. The molecular weight excluding hydrogens is 332 g/mol. The first-order chi connectivity index (χ1) is 12.2. The Morgan fingerprint density at radius 2 is 1.80 bits per heavy atom. The molecule has 0 aliphatic carbocycles. The summed E-state index contributed by atoms with van der Waals surface area (Å²) >= 11 is 1.58. The Bertz CT molecular complexity index is 855. The van der Waals surface area contributed by atoms with Crippen LogP contribution in [0, 0.1) is 6.92 Å². The third kappa shape index (κ3) is 4.78. The summed E-state index contributed by atoms with van der Waals surface area (Å²) in [6, 6.07) is 19.8. The minimum atomic E-state index is -0.294. The molecule has 1 amide bonds. The normalized spacial score (nSPS) is 10.8. The third-order valence-corrected chi connectivity index (χ3v) is 4.56. The number of nitrogens with one attached hydrogen (secondary N) is 1. The van der Waals surface area contributed by atoms with Crippen LogP contribution in [0.5, 0.6) is 5.75 Å². The monoisotopic (exact) mass is 350 g/mol. The molecule has 2 aromatic carbocycles. The van der Waals surface area contributed by atoms with Gasteiger partial charge in [-0.05, 0) is 47.2 Å². The summed E-state index contributed by atoms with van der Waals surface area (Å²) in [6.07, 6.45) is 1.65. The van der Waals surface area contributed by atoms with E-state index in [-0.39, 0.29) is 12.5 Å². The van der Waals surface area contributed by atoms with Gasteiger partial charge in [-0.25, -0.2) is 5.43 Å². The molecule has 3 rings (SSSR count). The van der Waals surface area contributed by atoms with Crippen LogP contribution in [0.15, 0.2) is 71.1 Å². The lowest BCUT2D eigenvalue weighted by Gasteiger charge is -2.06. The number of aryl methyl sites for hydroxylation is 1. The molecule has 5 heteroatoms. The Kier molecular flexibility index (Phi) is 5.59. The van der Waals surface area contributed by atoms with Crippen molar-refractivity contribution in [2.45, 2.75) is 6.92 Å². The summed E-state index contributed by atoms with van der Waals surface area (Å²) < 4.78 is 5.49. The topological polar surface area (TPSA) is 50.7 Å². The lowest BCUT2D eigenvalue weighted by atomic mass is 10.1. The number of hydrogen-bond acceptors (Lipinski definition) is 4. The van der Waals surface area contributed by atoms with E-state index >= 15 is 0 Å². The van der Waals surface area contributed by atoms with Crippen molar-refractivity contribution in [1.29, 1.82) is 0 Å². The number of amides is 1. The zero-order valence-electron chi connectivity index (χ0n) is 13.8. The maximum Gasteiger partial charge on any atom is 0.277 e. The molecule has 4 nitrogen and oxygen atoms in total. The van der Waals surface area contributed by atoms with E-state index in [1.165, 1.54) is 0 Å². The summed E-state index contributed by atoms with van der Waals surface area (Å²) in [7, 11) is 0. The van der Waals surface area contributed by atoms with Crippen LogP contribution in [0.1, 0.15) is 10.4 Å². The van der Waals surface area contributed by atoms with Crippen LogP contribution in [0.25, 0.3) is 11.1 Å². The molecule has 0 atom stereocenters. The first-order valence-corrected chi connectivity index (χ1v) is 8.74. The Morgan fingerprint density at radius 3 is 2.48 bits per heavy atom. The van der Waals surface area contributed by atoms with Gasteiger partial charge in [-0.15, -0.1) is 11.3 Å². The van der Waals surface area contributed by atoms with Crippen molar-refractivity contribution < 1.29 is 9.53 Å². The van der Waals surface area contributed by atoms with Gasteiger partial charge in [0.25, 0.3) is 5.91 Å². The Hall–Kier alpha value is -2.92. The number of carbonyl (C=O) groups is 1. The van der Waals surface area contributed by atoms with Crippen LogP contribution < -0.4 is 10.2 Å². The molecule has 0 radical (unpaired) electrons. The molecule has 0 aliphatic rings. The highest BCUT2D eigenvalue weighted by Gasteiger charge is 2.03. The van der Waals surface area contributed by atoms with E-state index in [2.05, 4.69) is 22.7 Å². The molecule has 3 aromatic rings. The lowest BCUT2D eigenvalue weighted by molar-refractivity contribution is -0.123. The number of ether oxygens (including phenoxy) is 1. The van der Waals surface area contributed by atoms with E-state index in [9.17, 15) is 4.79 Å². The highest BCUT2D eigenvalue weighted by Crippen LogP contribution is 2.21. The molecule has 0 aliphatic heterocycles. The first kappa shape index (κ1) is 16.9. The number of carbonyl (C=O) groups excluding carboxylic acids is 1. The van der Waals surface area contributed by atoms with Crippen LogP contribution >= 0.6 is 11.3 Å². The molecule has 0 saturated heterocycles. The lowest BCUT2D eigenvalue weighted by Crippen LogP contribution is -2.24. The van der Waals surface area contributed by atoms with Crippen LogP contribution in [-0.2, 0) is 4.79 Å². The number of benzene rings is 2. The van der Waals surface area contributed by atoms with Gasteiger partial charge in [0.05, 0.1) is 6.21 Å². The number of hydrazone groups is 1. The van der Waals surface area contributed by atoms with Gasteiger partial charge in [-0.3, -0.25) is 4.79 Å². The summed E-state index contributed by atoms with van der Waals surface area (Å²) in [5.74, 6) is 0.352. The minimum absolute atomic E-state index is 0.0779. The molecule has 0 fully saturated rings. The van der Waals surface area contributed by atoms with E-state index in [1.54, 1.807) is 17.6 Å². The van der Waals surface area contributed by atoms with Gasteiger partial charge in [0, 0.05) is 4.88 Å². The molecule has 25 heavy (non-hydrogen) atoms. The van der Waals surface area contributed by atoms with Gasteiger partial charge in [0.2, 0.25) is 0 Å². The maximum atomic E-state index is 11.8. The number of nitrogens with zero attached hydrogens (tertiary/aromatic N) is 1. The van der Waals surface area contributed by atoms with Crippen LogP contribution in [-0.4, -0.2) is 18.7 Å². The second kappa shape index (κ2) is 8.26. The number of thiophene rings is 1. The van der Waals surface area contributed by atoms with Crippen molar-refractivity contribution in [3.05, 3.63) is 76.5 Å². The predicted octanol–water partition coefficient (Wildman–Crippen LogP) is 4.25. The molecule has 1 N–H and O–H groups in total. The summed E-state index contributed by atoms with van der Waals surface area (Å²) in [5.41, 5.74) is 5.85. The van der Waals surface area contributed by atoms with Crippen molar-refractivity contribution in [2.24, 2.45) is 5.10 Å². The average molecular weight is 350 g/mol. The molecule has 0 saturated carbocycles. The zero-order valence-corrected chi connectivity index (χ0v) is 14.6. The minimum Gasteiger partial charge on any atom is -0.484 e. The number of rotatable bonds is 6. The van der Waals surface area contributed by atoms with Gasteiger partial charge in [-0.1, -0.05) is 42.5 Å². The maximum absolute atomic E-state index is 11.8. The molecule has 0 unspecified atom stereocenters. The van der Waals surface area contributed by atoms with Gasteiger partial charge < -0.3 is 4.74 Å². The molecule has 126 valence electrons. The van der Waals surface area contributed by atoms with Crippen LogP contribution in [0.3, 0.4) is 0 Å². The Labute approximate surface area is 150 Å². The van der Waals surface area contributed by atoms with Crippen LogP contribution in [0.2, 0.25) is 0 Å². The summed E-state index contributed by atoms with van der Waals surface area (Å²) in [5, 5.41) is 5.93. The molecule has 0 bridgehead atoms. The number of hydrogen-bond donors (Lipinski definition) is 1. The largest absolute Gasteiger partial charge is 0.484 e. The zero-order chi connectivity index (χ0) is 17.5. The second-order valence-corrected chi connectivity index (χ2v) is 6.39. The summed E-state index contributed by atoms with van der Waals surface area (Å²) in [6.45, 7) is 1.92. The third-order valence-electron chi connectivity index (χ3n) is 3.60. The first-order valence-electron chi connectivity index (χ1n) is 7.86. The van der Waals surface area contributed by atoms with Gasteiger partial charge in [-0.2, -0.15) is 5.10 Å². The van der Waals surface area contributed by atoms with Gasteiger partial charge in [0.1, 0.15) is 5.75 Å². The van der Waals surface area contributed by atoms with Crippen molar-refractivity contribution in [3.63, 3.8) is 0 Å². The van der Waals surface area contributed by atoms with Crippen molar-refractivity contribution in [3.8, 4) is 16.9 Å². The van der Waals surface area contributed by atoms with E-state index in [4.69, 9.17) is 4.74 Å². The SMILES string of the molecule is Cc1ccsc1/C=N\NC(=O)COc1ccc(-c2ccccc2)cc1. The average Bonchev–Trinajstić information content (AvgIpc) is 3.06. The fraction of sp³-hybridized carbons (Fsp3) is 0.100. The Morgan fingerprint density at radius 1 is 1.08 bits per heavy atom. The molecule has 0 spiro atoms. The van der Waals surface area contributed by atoms with E-state index < -0.39 is 0 Å². The fourth-order valence-corrected chi connectivity index (χ4v) is 3.02. The van der Waals surface area contributed by atoms with E-state index in [0.717, 1.165) is 21.6 Å². The van der Waals surface area contributed by atoms with Gasteiger partial charge in [0.15, 0.2) is 6.61 Å². The highest BCUT2D eigenvalue weighted by molar-refractivity contribution is 7.11. The molecular formula is C20H18N2O2S. The van der Waals surface area contributed by atoms with Gasteiger partial charge >= 0.3 is 0 Å². The fourth-order valence-electron chi connectivity index (χ4n) is 2.23. The van der Waals surface area contributed by atoms with Crippen molar-refractivity contribution in [2.75, 3.05) is 6.61 Å². The van der Waals surface area contributed by atoms with Crippen LogP contribution in [0.4, 0.5) is 0 Å². The standard InChI is InChI=1S/C20H18N2O2S/c1-15-11-12-25-19(15)13-21-22-20(23)14-24-18-9-7-17(8-10-18)16-5-3-2-4-6-16/h2-13H,14H2,1H3,(H,22,23)/b21-13-. The second-order valence-electron chi connectivity index (χ2n) is 5.44. The molecule has 1 aromatic heterocycles. The Balaban J connectivity index is 1.49. The van der Waals surface area contributed by atoms with Crippen molar-refractivity contribution >= 4 is 23.5 Å². The quantitative estimate of drug-likeness (QED) is 0.534. The summed E-state index contributed by atoms with van der Waals surface area (Å²) in [4.78, 5) is 12.8. The highest BCUT2D eigenvalue weighted by atomic mass is 32.1. The van der Waals surface area contributed by atoms with E-state index in [1.807, 2.05) is 60.8 Å².